The molecule has 0 fully saturated rings. The number of hydrogen-bond acceptors (Lipinski definition) is 9. The number of fused-ring (bicyclic) bond motifs is 1. The molecular weight excluding hydrogens is 698 g/mol. The molecule has 0 bridgehead atoms. The molecule has 0 aliphatic carbocycles. The molecule has 8 N–H and O–H groups in total. The second-order valence-corrected chi connectivity index (χ2v) is 14.8. The second-order valence-electron chi connectivity index (χ2n) is 14.8. The van der Waals surface area contributed by atoms with Crippen LogP contribution in [0.3, 0.4) is 0 Å². The minimum absolute atomic E-state index is 0.0496. The van der Waals surface area contributed by atoms with E-state index in [9.17, 15) is 28.8 Å². The van der Waals surface area contributed by atoms with Gasteiger partial charge in [0.1, 0.15) is 23.7 Å². The van der Waals surface area contributed by atoms with Crippen LogP contribution in [0.1, 0.15) is 72.6 Å². The maximum atomic E-state index is 13.9. The summed E-state index contributed by atoms with van der Waals surface area (Å²) in [5.74, 6) is -5.32. The van der Waals surface area contributed by atoms with Crippen molar-refractivity contribution in [1.82, 2.24) is 36.2 Å². The fraction of sp³-hybridized carbons (Fsp3) is 0.528. The summed E-state index contributed by atoms with van der Waals surface area (Å²) in [6.07, 6.45) is 4.16. The Kier molecular flexibility index (Phi) is 15.3. The first-order valence-electron chi connectivity index (χ1n) is 17.7. The third-order valence-electron chi connectivity index (χ3n) is 8.20. The van der Waals surface area contributed by atoms with E-state index in [0.29, 0.717) is 5.69 Å². The van der Waals surface area contributed by atoms with Crippen molar-refractivity contribution in [2.75, 3.05) is 0 Å². The summed E-state index contributed by atoms with van der Waals surface area (Å²) in [5.41, 5.74) is 16.3. The average molecular weight is 750 g/mol. The van der Waals surface area contributed by atoms with Crippen LogP contribution in [-0.2, 0) is 46.3 Å². The summed E-state index contributed by atoms with van der Waals surface area (Å²) >= 11 is 0. The van der Waals surface area contributed by atoms with Crippen molar-refractivity contribution >= 4 is 46.4 Å². The fourth-order valence-corrected chi connectivity index (χ4v) is 5.62. The van der Waals surface area contributed by atoms with Gasteiger partial charge >= 0.3 is 5.97 Å². The van der Waals surface area contributed by atoms with Gasteiger partial charge in [-0.2, -0.15) is 0 Å². The molecular formula is C36H51N11O7. The van der Waals surface area contributed by atoms with Crippen LogP contribution in [0.15, 0.2) is 48.1 Å². The SMILES string of the molecule is CC(C)C[C@H](NC(=O)[C@H](NC(=O)[C@H](Cc1cnc[nH]1)NC(=O)[C@@H](CC(=O)OC(C)(C)C)NC(=O)[C@H](N)Cc1c[nH]c2ccccc12)C(C)C)C(=O)N=[N+]=[N-]. The topological polar surface area (TPSA) is 279 Å². The molecule has 0 aliphatic heterocycles. The first-order chi connectivity index (χ1) is 25.4. The van der Waals surface area contributed by atoms with Crippen molar-refractivity contribution in [2.24, 2.45) is 22.7 Å². The highest BCUT2D eigenvalue weighted by atomic mass is 16.6. The van der Waals surface area contributed by atoms with E-state index in [1.165, 1.54) is 12.5 Å². The number of nitrogens with one attached hydrogen (secondary N) is 6. The minimum Gasteiger partial charge on any atom is -0.460 e. The quantitative estimate of drug-likeness (QED) is 0.0434. The molecule has 0 spiro atoms. The van der Waals surface area contributed by atoms with Gasteiger partial charge in [-0.05, 0) is 67.7 Å². The first kappa shape index (κ1) is 42.7. The second kappa shape index (κ2) is 19.4. The summed E-state index contributed by atoms with van der Waals surface area (Å²) in [7, 11) is 0. The van der Waals surface area contributed by atoms with Gasteiger partial charge in [0.15, 0.2) is 0 Å². The van der Waals surface area contributed by atoms with E-state index < -0.39 is 83.7 Å². The first-order valence-corrected chi connectivity index (χ1v) is 17.7. The number of amides is 5. The molecule has 2 heterocycles. The molecule has 0 unspecified atom stereocenters. The molecule has 3 aromatic rings. The number of imidazole rings is 1. The van der Waals surface area contributed by atoms with E-state index in [-0.39, 0.29) is 25.2 Å². The van der Waals surface area contributed by atoms with Crippen LogP contribution in [-0.4, -0.2) is 86.3 Å². The van der Waals surface area contributed by atoms with Crippen molar-refractivity contribution in [1.29, 1.82) is 0 Å². The maximum absolute atomic E-state index is 13.9. The van der Waals surface area contributed by atoms with Crippen LogP contribution in [0.4, 0.5) is 0 Å². The lowest BCUT2D eigenvalue weighted by Crippen LogP contribution is -2.60. The molecule has 1 aromatic carbocycles. The van der Waals surface area contributed by atoms with E-state index in [1.54, 1.807) is 40.8 Å². The third-order valence-corrected chi connectivity index (χ3v) is 8.20. The standard InChI is InChI=1S/C36H51N11O7/c1-19(2)12-26(34(52)46-47-38)44-35(53)30(20(3)4)45-33(51)27(14-22-17-39-18-41-22)43-32(50)28(15-29(48)54-36(5,6)7)42-31(49)24(37)13-21-16-40-25-11-9-8-10-23(21)25/h8-11,16-20,24,26-28,30,40H,12-15,37H2,1-7H3,(H,39,41)(H,42,49)(H,43,50)(H,44,53)(H,45,51)/t24-,26+,27+,28-,30-/m1/s1. The third kappa shape index (κ3) is 13.0. The van der Waals surface area contributed by atoms with Crippen molar-refractivity contribution in [3.63, 3.8) is 0 Å². The summed E-state index contributed by atoms with van der Waals surface area (Å²) in [4.78, 5) is 92.7. The number of esters is 1. The zero-order chi connectivity index (χ0) is 40.2. The molecule has 18 nitrogen and oxygen atoms in total. The van der Waals surface area contributed by atoms with Gasteiger partial charge in [-0.15, -0.1) is 0 Å². The molecule has 2 aromatic heterocycles. The Morgan fingerprint density at radius 2 is 1.54 bits per heavy atom. The Morgan fingerprint density at radius 3 is 2.15 bits per heavy atom. The molecule has 3 rings (SSSR count). The van der Waals surface area contributed by atoms with Gasteiger partial charge in [0.2, 0.25) is 29.5 Å². The van der Waals surface area contributed by atoms with Gasteiger partial charge in [-0.25, -0.2) is 4.98 Å². The Bertz CT molecular complexity index is 1820. The van der Waals surface area contributed by atoms with Crippen LogP contribution in [0.2, 0.25) is 0 Å². The molecule has 0 saturated heterocycles. The minimum atomic E-state index is -1.51. The predicted molar refractivity (Wildman–Crippen MR) is 199 cm³/mol. The van der Waals surface area contributed by atoms with Gasteiger partial charge in [0.05, 0.1) is 24.8 Å². The van der Waals surface area contributed by atoms with Gasteiger partial charge in [-0.3, -0.25) is 28.8 Å². The number of aromatic nitrogens is 3. The predicted octanol–water partition coefficient (Wildman–Crippen LogP) is 2.21. The lowest BCUT2D eigenvalue weighted by atomic mass is 9.99. The maximum Gasteiger partial charge on any atom is 0.308 e. The van der Waals surface area contributed by atoms with Crippen LogP contribution in [0.25, 0.3) is 21.3 Å². The largest absolute Gasteiger partial charge is 0.460 e. The summed E-state index contributed by atoms with van der Waals surface area (Å²) in [5, 5.41) is 14.4. The smallest absolute Gasteiger partial charge is 0.308 e. The number of nitrogens with zero attached hydrogens (tertiary/aromatic N) is 4. The Labute approximate surface area is 313 Å². The Hall–Kier alpha value is -5.74. The Morgan fingerprint density at radius 1 is 0.889 bits per heavy atom. The highest BCUT2D eigenvalue weighted by Gasteiger charge is 2.35. The van der Waals surface area contributed by atoms with Crippen LogP contribution < -0.4 is 27.0 Å². The fourth-order valence-electron chi connectivity index (χ4n) is 5.62. The van der Waals surface area contributed by atoms with Crippen LogP contribution in [0.5, 0.6) is 0 Å². The van der Waals surface area contributed by atoms with E-state index >= 15 is 0 Å². The number of ether oxygens (including phenoxy) is 1. The molecule has 54 heavy (non-hydrogen) atoms. The van der Waals surface area contributed by atoms with Crippen LogP contribution >= 0.6 is 0 Å². The molecule has 5 atom stereocenters. The van der Waals surface area contributed by atoms with E-state index in [2.05, 4.69) is 46.2 Å². The summed E-state index contributed by atoms with van der Waals surface area (Å²) in [6.45, 7) is 11.9. The summed E-state index contributed by atoms with van der Waals surface area (Å²) < 4.78 is 5.43. The monoisotopic (exact) mass is 749 g/mol. The van der Waals surface area contributed by atoms with Gasteiger partial charge < -0.3 is 41.7 Å². The number of azide groups is 1. The Balaban J connectivity index is 1.85. The van der Waals surface area contributed by atoms with Crippen molar-refractivity contribution < 1.29 is 33.5 Å². The molecule has 292 valence electrons. The van der Waals surface area contributed by atoms with Gasteiger partial charge in [0.25, 0.3) is 0 Å². The number of carbonyl (C=O) groups is 6. The molecule has 18 heteroatoms. The molecule has 5 amide bonds. The lowest BCUT2D eigenvalue weighted by Gasteiger charge is -2.28. The highest BCUT2D eigenvalue weighted by Crippen LogP contribution is 2.19. The number of rotatable bonds is 18. The number of carbonyl (C=O) groups excluding carboxylic acids is 6. The molecule has 0 saturated carbocycles. The van der Waals surface area contributed by atoms with Crippen molar-refractivity contribution in [3.8, 4) is 0 Å². The molecule has 0 aliphatic rings. The number of hydrogen-bond donors (Lipinski definition) is 7. The number of benzene rings is 1. The normalized spacial score (nSPS) is 14.3. The van der Waals surface area contributed by atoms with Crippen molar-refractivity contribution in [3.05, 3.63) is 64.7 Å². The lowest BCUT2D eigenvalue weighted by molar-refractivity contribution is -0.156. The zero-order valence-electron chi connectivity index (χ0n) is 31.6. The van der Waals surface area contributed by atoms with Crippen molar-refractivity contribution in [2.45, 2.75) is 110 Å². The zero-order valence-corrected chi connectivity index (χ0v) is 31.6. The number of nitrogens with two attached hydrogens (primary N) is 1. The van der Waals surface area contributed by atoms with Gasteiger partial charge in [0, 0.05) is 40.3 Å². The van der Waals surface area contributed by atoms with E-state index in [4.69, 9.17) is 16.0 Å². The van der Waals surface area contributed by atoms with Crippen LogP contribution in [0, 0.1) is 11.8 Å². The summed E-state index contributed by atoms with van der Waals surface area (Å²) in [6, 6.07) is 1.20. The van der Waals surface area contributed by atoms with E-state index in [0.717, 1.165) is 16.5 Å². The van der Waals surface area contributed by atoms with E-state index in [1.807, 2.05) is 38.1 Å². The van der Waals surface area contributed by atoms with Gasteiger partial charge in [-0.1, -0.05) is 45.9 Å². The molecule has 0 radical (unpaired) electrons. The number of para-hydroxylation sites is 1. The average Bonchev–Trinajstić information content (AvgIpc) is 3.75. The highest BCUT2D eigenvalue weighted by molar-refractivity contribution is 5.97. The number of H-pyrrole nitrogens is 2. The number of aromatic amines is 2.